The normalized spacial score (nSPS) is 28.6. The summed E-state index contributed by atoms with van der Waals surface area (Å²) in [6.07, 6.45) is 0.415. The number of alkyl halides is 1. The lowest BCUT2D eigenvalue weighted by Crippen LogP contribution is -2.39. The molecular formula is C15H21ClN6O4. The average Bonchev–Trinajstić information content (AvgIpc) is 3.09. The lowest BCUT2D eigenvalue weighted by atomic mass is 10.0. The van der Waals surface area contributed by atoms with E-state index < -0.39 is 23.3 Å². The number of rotatable bonds is 7. The molecule has 1 aliphatic heterocycles. The molecule has 26 heavy (non-hydrogen) atoms. The Labute approximate surface area is 154 Å². The molecule has 2 aromatic heterocycles. The fourth-order valence-corrected chi connectivity index (χ4v) is 3.42. The zero-order chi connectivity index (χ0) is 18.9. The van der Waals surface area contributed by atoms with Gasteiger partial charge in [0.05, 0.1) is 25.1 Å². The number of aromatic nitrogens is 3. The molecule has 1 saturated heterocycles. The minimum absolute atomic E-state index is 0.107. The Kier molecular flexibility index (Phi) is 5.39. The Hall–Kier alpha value is -1.85. The number of nitrogens with zero attached hydrogens (tertiary/aromatic N) is 4. The van der Waals surface area contributed by atoms with Crippen molar-refractivity contribution >= 4 is 28.5 Å². The van der Waals surface area contributed by atoms with Gasteiger partial charge in [0, 0.05) is 11.8 Å². The number of aliphatic hydroxyl groups excluding tert-OH is 2. The van der Waals surface area contributed by atoms with Crippen LogP contribution in [0, 0.1) is 5.53 Å². The molecule has 0 amide bonds. The number of aliphatic hydroxyl groups is 2. The fourth-order valence-electron chi connectivity index (χ4n) is 3.13. The molecule has 0 spiro atoms. The molecule has 3 heterocycles. The van der Waals surface area contributed by atoms with E-state index in [-0.39, 0.29) is 13.2 Å². The summed E-state index contributed by atoms with van der Waals surface area (Å²) in [5.41, 5.74) is 11.1. The second-order valence-electron chi connectivity index (χ2n) is 6.14. The Morgan fingerprint density at radius 3 is 2.92 bits per heavy atom. The Balaban J connectivity index is 2.14. The lowest BCUT2D eigenvalue weighted by molar-refractivity contribution is -0.0439. The van der Waals surface area contributed by atoms with Crippen molar-refractivity contribution in [3.8, 4) is 0 Å². The first-order chi connectivity index (χ1) is 12.5. The van der Waals surface area contributed by atoms with E-state index >= 15 is 0 Å². The minimum atomic E-state index is -1.19. The van der Waals surface area contributed by atoms with Crippen LogP contribution in [0.4, 0.5) is 5.82 Å². The molecule has 2 aromatic rings. The first kappa shape index (κ1) is 18.9. The highest BCUT2D eigenvalue weighted by Crippen LogP contribution is 2.45. The molecule has 11 heteroatoms. The second-order valence-corrected chi connectivity index (χ2v) is 6.95. The van der Waals surface area contributed by atoms with Crippen LogP contribution in [0.15, 0.2) is 17.6 Å². The molecule has 0 radical (unpaired) electrons. The Morgan fingerprint density at radius 2 is 2.31 bits per heavy atom. The molecule has 0 aliphatic carbocycles. The molecular weight excluding hydrogens is 364 g/mol. The van der Waals surface area contributed by atoms with E-state index in [1.165, 1.54) is 6.33 Å². The van der Waals surface area contributed by atoms with Crippen LogP contribution in [-0.4, -0.2) is 55.0 Å². The third-order valence-corrected chi connectivity index (χ3v) is 4.81. The maximum Gasteiger partial charge on any atom is 0.162 e. The average molecular weight is 385 g/mol. The summed E-state index contributed by atoms with van der Waals surface area (Å²) in [7, 11) is 0. The van der Waals surface area contributed by atoms with Crippen LogP contribution in [-0.2, 0) is 16.1 Å². The molecule has 0 saturated carbocycles. The number of halogens is 1. The smallest absolute Gasteiger partial charge is 0.162 e. The van der Waals surface area contributed by atoms with Gasteiger partial charge in [-0.15, -0.1) is 11.6 Å². The van der Waals surface area contributed by atoms with Crippen molar-refractivity contribution in [1.29, 1.82) is 5.53 Å². The van der Waals surface area contributed by atoms with Crippen LogP contribution in [0.3, 0.4) is 0 Å². The predicted octanol–water partition coefficient (Wildman–Crippen LogP) is 1.57. The highest BCUT2D eigenvalue weighted by Gasteiger charge is 2.53. The van der Waals surface area contributed by atoms with Crippen molar-refractivity contribution in [3.63, 3.8) is 0 Å². The molecule has 1 fully saturated rings. The molecule has 142 valence electrons. The van der Waals surface area contributed by atoms with E-state index in [2.05, 4.69) is 20.6 Å². The third kappa shape index (κ3) is 3.03. The quantitative estimate of drug-likeness (QED) is 0.323. The Morgan fingerprint density at radius 1 is 1.54 bits per heavy atom. The SMILES string of the molecule is CCONc1ncnc2c1c(CN=N)cn2[C@@H]1OC(CO)C(O)[C@@]1(C)Cl. The van der Waals surface area contributed by atoms with Gasteiger partial charge in [0.25, 0.3) is 0 Å². The molecule has 2 unspecified atom stereocenters. The summed E-state index contributed by atoms with van der Waals surface area (Å²) in [6.45, 7) is 3.65. The fraction of sp³-hybridized carbons (Fsp3) is 0.600. The van der Waals surface area contributed by atoms with E-state index in [9.17, 15) is 10.2 Å². The number of hydrogen-bond acceptors (Lipinski definition) is 9. The predicted molar refractivity (Wildman–Crippen MR) is 92.9 cm³/mol. The molecule has 0 bridgehead atoms. The van der Waals surface area contributed by atoms with Crippen molar-refractivity contribution in [1.82, 2.24) is 14.5 Å². The number of nitrogens with one attached hydrogen (secondary N) is 2. The van der Waals surface area contributed by atoms with Crippen molar-refractivity contribution in [3.05, 3.63) is 18.1 Å². The number of anilines is 1. The zero-order valence-electron chi connectivity index (χ0n) is 14.4. The molecule has 0 aromatic carbocycles. The number of fused-ring (bicyclic) bond motifs is 1. The van der Waals surface area contributed by atoms with E-state index in [0.717, 1.165) is 0 Å². The molecule has 4 atom stereocenters. The summed E-state index contributed by atoms with van der Waals surface area (Å²) in [6, 6.07) is 0. The van der Waals surface area contributed by atoms with Gasteiger partial charge < -0.3 is 19.5 Å². The summed E-state index contributed by atoms with van der Waals surface area (Å²) >= 11 is 6.55. The molecule has 3 rings (SSSR count). The lowest BCUT2D eigenvalue weighted by Gasteiger charge is -2.26. The van der Waals surface area contributed by atoms with Crippen LogP contribution in [0.25, 0.3) is 11.0 Å². The van der Waals surface area contributed by atoms with Gasteiger partial charge in [-0.05, 0) is 13.8 Å². The largest absolute Gasteiger partial charge is 0.394 e. The van der Waals surface area contributed by atoms with Gasteiger partial charge in [-0.2, -0.15) is 5.11 Å². The summed E-state index contributed by atoms with van der Waals surface area (Å²) in [5.74, 6) is 0.433. The van der Waals surface area contributed by atoms with E-state index in [1.54, 1.807) is 17.7 Å². The first-order valence-corrected chi connectivity index (χ1v) is 8.52. The highest BCUT2D eigenvalue weighted by atomic mass is 35.5. The van der Waals surface area contributed by atoms with Gasteiger partial charge >= 0.3 is 0 Å². The van der Waals surface area contributed by atoms with Crippen molar-refractivity contribution in [2.24, 2.45) is 5.11 Å². The zero-order valence-corrected chi connectivity index (χ0v) is 15.1. The maximum atomic E-state index is 10.4. The minimum Gasteiger partial charge on any atom is -0.394 e. The van der Waals surface area contributed by atoms with Crippen LogP contribution >= 0.6 is 11.6 Å². The highest BCUT2D eigenvalue weighted by molar-refractivity contribution is 6.24. The summed E-state index contributed by atoms with van der Waals surface area (Å²) < 4.78 is 7.45. The third-order valence-electron chi connectivity index (χ3n) is 4.40. The van der Waals surface area contributed by atoms with Gasteiger partial charge in [0.2, 0.25) is 0 Å². The molecule has 4 N–H and O–H groups in total. The number of ether oxygens (including phenoxy) is 1. The van der Waals surface area contributed by atoms with Crippen LogP contribution in [0.1, 0.15) is 25.6 Å². The van der Waals surface area contributed by atoms with Crippen LogP contribution in [0.5, 0.6) is 0 Å². The van der Waals surface area contributed by atoms with E-state index in [4.69, 9.17) is 26.7 Å². The Bertz CT molecular complexity index is 798. The van der Waals surface area contributed by atoms with Crippen molar-refractivity contribution < 1.29 is 19.8 Å². The van der Waals surface area contributed by atoms with Gasteiger partial charge in [-0.25, -0.2) is 21.0 Å². The molecule has 1 aliphatic rings. The van der Waals surface area contributed by atoms with Gasteiger partial charge in [-0.3, -0.25) is 4.84 Å². The van der Waals surface area contributed by atoms with Crippen LogP contribution in [0.2, 0.25) is 0 Å². The number of hydrogen-bond donors (Lipinski definition) is 4. The van der Waals surface area contributed by atoms with Crippen molar-refractivity contribution in [2.45, 2.75) is 43.7 Å². The van der Waals surface area contributed by atoms with Crippen molar-refractivity contribution in [2.75, 3.05) is 18.7 Å². The van der Waals surface area contributed by atoms with Gasteiger partial charge in [0.15, 0.2) is 12.0 Å². The van der Waals surface area contributed by atoms with Gasteiger partial charge in [-0.1, -0.05) is 0 Å². The topological polar surface area (TPSA) is 138 Å². The van der Waals surface area contributed by atoms with Gasteiger partial charge in [0.1, 0.15) is 29.1 Å². The second kappa shape index (κ2) is 7.41. The first-order valence-electron chi connectivity index (χ1n) is 8.14. The maximum absolute atomic E-state index is 10.4. The summed E-state index contributed by atoms with van der Waals surface area (Å²) in [5, 5.41) is 23.9. The van der Waals surface area contributed by atoms with E-state index in [1.807, 2.05) is 6.92 Å². The standard InChI is InChI=1S/C15H21ClN6O4/c1-3-25-21-12-10-8(4-20-17)5-22(13(10)19-7-18-12)14-15(2,16)11(24)9(6-23)26-14/h5,7,9,11,14,17,23-24H,3-4,6H2,1-2H3,(H,18,19,21)/t9?,11?,14-,15-/m1/s1. The van der Waals surface area contributed by atoms with E-state index in [0.29, 0.717) is 29.0 Å². The van der Waals surface area contributed by atoms with Crippen LogP contribution < -0.4 is 5.48 Å². The monoisotopic (exact) mass is 384 g/mol. The summed E-state index contributed by atoms with van der Waals surface area (Å²) in [4.78, 5) is 12.5. The molecule has 10 nitrogen and oxygen atoms in total.